The Hall–Kier alpha value is -2.54. The van der Waals surface area contributed by atoms with Gasteiger partial charge in [0.05, 0.1) is 31.2 Å². The van der Waals surface area contributed by atoms with Gasteiger partial charge in [-0.2, -0.15) is 0 Å². The molecule has 0 aromatic heterocycles. The van der Waals surface area contributed by atoms with E-state index in [2.05, 4.69) is 26.6 Å². The van der Waals surface area contributed by atoms with Crippen molar-refractivity contribution in [1.29, 1.82) is 0 Å². The van der Waals surface area contributed by atoms with Crippen molar-refractivity contribution >= 4 is 39.1 Å². The molecule has 2 amide bonds. The predicted molar refractivity (Wildman–Crippen MR) is 95.9 cm³/mol. The molecule has 0 aliphatic heterocycles. The summed E-state index contributed by atoms with van der Waals surface area (Å²) in [5, 5.41) is 5.44. The van der Waals surface area contributed by atoms with E-state index in [4.69, 9.17) is 9.47 Å². The van der Waals surface area contributed by atoms with Crippen molar-refractivity contribution in [2.75, 3.05) is 24.9 Å². The fraction of sp³-hybridized carbons (Fsp3) is 0.176. The lowest BCUT2D eigenvalue weighted by Gasteiger charge is -2.16. The average Bonchev–Trinajstić information content (AvgIpc) is 2.55. The molecule has 126 valence electrons. The first-order valence-corrected chi connectivity index (χ1v) is 7.85. The lowest BCUT2D eigenvalue weighted by molar-refractivity contribution is -0.114. The zero-order chi connectivity index (χ0) is 17.7. The van der Waals surface area contributed by atoms with E-state index in [1.54, 1.807) is 30.3 Å². The second-order valence-electron chi connectivity index (χ2n) is 4.87. The number of halogens is 1. The maximum absolute atomic E-state index is 12.5. The molecule has 2 rings (SSSR count). The molecule has 0 unspecified atom stereocenters. The summed E-state index contributed by atoms with van der Waals surface area (Å²) < 4.78 is 11.3. The molecular formula is C17H17BrN2O4. The minimum absolute atomic E-state index is 0.236. The molecule has 0 aliphatic carbocycles. The largest absolute Gasteiger partial charge is 0.494 e. The van der Waals surface area contributed by atoms with Crippen LogP contribution in [0.4, 0.5) is 11.4 Å². The van der Waals surface area contributed by atoms with Crippen LogP contribution in [-0.2, 0) is 4.79 Å². The van der Waals surface area contributed by atoms with Crippen molar-refractivity contribution < 1.29 is 19.1 Å². The van der Waals surface area contributed by atoms with Gasteiger partial charge in [0.1, 0.15) is 11.5 Å². The molecule has 0 spiro atoms. The second-order valence-corrected chi connectivity index (χ2v) is 5.72. The van der Waals surface area contributed by atoms with Gasteiger partial charge in [-0.15, -0.1) is 0 Å². The number of rotatable bonds is 5. The van der Waals surface area contributed by atoms with Crippen molar-refractivity contribution in [3.8, 4) is 11.5 Å². The second kappa shape index (κ2) is 7.83. The average molecular weight is 393 g/mol. The zero-order valence-corrected chi connectivity index (χ0v) is 15.1. The number of ether oxygens (including phenoxy) is 2. The van der Waals surface area contributed by atoms with Crippen molar-refractivity contribution in [2.24, 2.45) is 0 Å². The molecule has 0 saturated heterocycles. The number of methoxy groups -OCH3 is 2. The number of hydrogen-bond donors (Lipinski definition) is 2. The van der Waals surface area contributed by atoms with E-state index in [9.17, 15) is 9.59 Å². The number of amides is 2. The molecule has 0 atom stereocenters. The smallest absolute Gasteiger partial charge is 0.256 e. The number of carbonyl (C=O) groups is 2. The molecule has 0 saturated carbocycles. The maximum atomic E-state index is 12.5. The summed E-state index contributed by atoms with van der Waals surface area (Å²) >= 11 is 3.35. The van der Waals surface area contributed by atoms with Crippen LogP contribution in [0, 0.1) is 0 Å². The van der Waals surface area contributed by atoms with Crippen LogP contribution >= 0.6 is 15.9 Å². The van der Waals surface area contributed by atoms with Gasteiger partial charge in [0.15, 0.2) is 0 Å². The quantitative estimate of drug-likeness (QED) is 0.813. The third-order valence-corrected chi connectivity index (χ3v) is 3.89. The summed E-state index contributed by atoms with van der Waals surface area (Å²) in [6, 6.07) is 10.3. The lowest BCUT2D eigenvalue weighted by atomic mass is 10.2. The van der Waals surface area contributed by atoms with Gasteiger partial charge in [-0.3, -0.25) is 9.59 Å². The Bertz CT molecular complexity index is 777. The Labute approximate surface area is 148 Å². The predicted octanol–water partition coefficient (Wildman–Crippen LogP) is 3.68. The minimum Gasteiger partial charge on any atom is -0.494 e. The number of nitrogens with one attached hydrogen (secondary N) is 2. The molecule has 0 fully saturated rings. The Balaban J connectivity index is 2.37. The number of anilines is 2. The SMILES string of the molecule is COc1cc(NC(=O)c2ccccc2Br)c(OC)cc1NC(C)=O. The standard InChI is InChI=1S/C17H17BrN2O4/c1-10(21)19-13-8-16(24-3)14(9-15(13)23-2)20-17(22)11-6-4-5-7-12(11)18/h4-9H,1-3H3,(H,19,21)(H,20,22). The van der Waals surface area contributed by atoms with Gasteiger partial charge in [-0.1, -0.05) is 12.1 Å². The highest BCUT2D eigenvalue weighted by molar-refractivity contribution is 9.10. The number of carbonyl (C=O) groups excluding carboxylic acids is 2. The molecule has 7 heteroatoms. The van der Waals surface area contributed by atoms with Crippen LogP contribution in [-0.4, -0.2) is 26.0 Å². The van der Waals surface area contributed by atoms with Crippen LogP contribution < -0.4 is 20.1 Å². The van der Waals surface area contributed by atoms with Crippen molar-refractivity contribution in [2.45, 2.75) is 6.92 Å². The third kappa shape index (κ3) is 4.05. The topological polar surface area (TPSA) is 76.7 Å². The highest BCUT2D eigenvalue weighted by Gasteiger charge is 2.16. The minimum atomic E-state index is -0.296. The molecule has 0 radical (unpaired) electrons. The normalized spacial score (nSPS) is 10.0. The Kier molecular flexibility index (Phi) is 5.81. The first-order chi connectivity index (χ1) is 11.5. The lowest BCUT2D eigenvalue weighted by Crippen LogP contribution is -2.14. The van der Waals surface area contributed by atoms with E-state index in [1.165, 1.54) is 21.1 Å². The summed E-state index contributed by atoms with van der Waals surface area (Å²) in [6.07, 6.45) is 0. The van der Waals surface area contributed by atoms with Gasteiger partial charge in [-0.25, -0.2) is 0 Å². The van der Waals surface area contributed by atoms with E-state index < -0.39 is 0 Å². The first-order valence-electron chi connectivity index (χ1n) is 7.05. The monoisotopic (exact) mass is 392 g/mol. The third-order valence-electron chi connectivity index (χ3n) is 3.20. The van der Waals surface area contributed by atoms with Crippen LogP contribution in [0.1, 0.15) is 17.3 Å². The van der Waals surface area contributed by atoms with Crippen molar-refractivity contribution in [3.05, 3.63) is 46.4 Å². The van der Waals surface area contributed by atoms with Gasteiger partial charge in [0.25, 0.3) is 5.91 Å². The fourth-order valence-corrected chi connectivity index (χ4v) is 2.58. The first kappa shape index (κ1) is 17.8. The summed E-state index contributed by atoms with van der Waals surface area (Å²) in [6.45, 7) is 1.40. The molecule has 2 aromatic carbocycles. The number of benzene rings is 2. The molecule has 0 aliphatic rings. The van der Waals surface area contributed by atoms with E-state index in [0.29, 0.717) is 32.9 Å². The summed E-state index contributed by atoms with van der Waals surface area (Å²) in [5.74, 6) is 0.281. The van der Waals surface area contributed by atoms with Gasteiger partial charge in [0.2, 0.25) is 5.91 Å². The molecule has 2 N–H and O–H groups in total. The van der Waals surface area contributed by atoms with Crippen LogP contribution in [0.2, 0.25) is 0 Å². The van der Waals surface area contributed by atoms with E-state index in [1.807, 2.05) is 6.07 Å². The van der Waals surface area contributed by atoms with Crippen molar-refractivity contribution in [1.82, 2.24) is 0 Å². The van der Waals surface area contributed by atoms with Gasteiger partial charge < -0.3 is 20.1 Å². The van der Waals surface area contributed by atoms with Gasteiger partial charge in [-0.05, 0) is 28.1 Å². The molecule has 2 aromatic rings. The Morgan fingerprint density at radius 2 is 1.50 bits per heavy atom. The highest BCUT2D eigenvalue weighted by atomic mass is 79.9. The van der Waals surface area contributed by atoms with Gasteiger partial charge >= 0.3 is 0 Å². The van der Waals surface area contributed by atoms with E-state index in [0.717, 1.165) is 0 Å². The van der Waals surface area contributed by atoms with Crippen LogP contribution in [0.3, 0.4) is 0 Å². The molecule has 0 heterocycles. The molecular weight excluding hydrogens is 376 g/mol. The van der Waals surface area contributed by atoms with Gasteiger partial charge in [0, 0.05) is 23.5 Å². The molecule has 6 nitrogen and oxygen atoms in total. The maximum Gasteiger partial charge on any atom is 0.256 e. The van der Waals surface area contributed by atoms with Crippen molar-refractivity contribution in [3.63, 3.8) is 0 Å². The summed E-state index contributed by atoms with van der Waals surface area (Å²) in [7, 11) is 2.96. The van der Waals surface area contributed by atoms with Crippen LogP contribution in [0.5, 0.6) is 11.5 Å². The highest BCUT2D eigenvalue weighted by Crippen LogP contribution is 2.36. The Morgan fingerprint density at radius 3 is 2.00 bits per heavy atom. The Morgan fingerprint density at radius 1 is 0.958 bits per heavy atom. The summed E-state index contributed by atoms with van der Waals surface area (Å²) in [5.41, 5.74) is 1.38. The molecule has 24 heavy (non-hydrogen) atoms. The zero-order valence-electron chi connectivity index (χ0n) is 13.5. The van der Waals surface area contributed by atoms with Crippen LogP contribution in [0.15, 0.2) is 40.9 Å². The van der Waals surface area contributed by atoms with E-state index in [-0.39, 0.29) is 11.8 Å². The fourth-order valence-electron chi connectivity index (χ4n) is 2.12. The van der Waals surface area contributed by atoms with Crippen LogP contribution in [0.25, 0.3) is 0 Å². The summed E-state index contributed by atoms with van der Waals surface area (Å²) in [4.78, 5) is 23.7. The molecule has 0 bridgehead atoms. The van der Waals surface area contributed by atoms with E-state index >= 15 is 0 Å². The number of hydrogen-bond acceptors (Lipinski definition) is 4.